The maximum Gasteiger partial charge on any atom is 0.247 e. The zero-order valence-electron chi connectivity index (χ0n) is 12.9. The Morgan fingerprint density at radius 1 is 1.36 bits per heavy atom. The number of aromatic nitrogens is 3. The smallest absolute Gasteiger partial charge is 0.247 e. The van der Waals surface area contributed by atoms with E-state index in [2.05, 4.69) is 32.3 Å². The van der Waals surface area contributed by atoms with E-state index in [1.807, 2.05) is 0 Å². The Morgan fingerprint density at radius 3 is 2.95 bits per heavy atom. The number of anilines is 2. The molecule has 3 heterocycles. The number of nitrogens with zero attached hydrogens (tertiary/aromatic N) is 4. The van der Waals surface area contributed by atoms with Gasteiger partial charge in [-0.1, -0.05) is 6.92 Å². The van der Waals surface area contributed by atoms with Crippen LogP contribution in [0.15, 0.2) is 6.20 Å². The Kier molecular flexibility index (Phi) is 4.46. The molecule has 22 heavy (non-hydrogen) atoms. The van der Waals surface area contributed by atoms with Gasteiger partial charge in [-0.05, 0) is 32.1 Å². The molecule has 122 valence electrons. The molecule has 0 amide bonds. The van der Waals surface area contributed by atoms with Gasteiger partial charge in [-0.2, -0.15) is 10.1 Å². The molecule has 0 saturated carbocycles. The summed E-state index contributed by atoms with van der Waals surface area (Å²) in [6.07, 6.45) is 6.83. The molecule has 2 aliphatic rings. The van der Waals surface area contributed by atoms with E-state index in [0.29, 0.717) is 24.2 Å². The second-order valence-corrected chi connectivity index (χ2v) is 8.37. The highest BCUT2D eigenvalue weighted by Crippen LogP contribution is 2.24. The van der Waals surface area contributed by atoms with Crippen LogP contribution in [0, 0.1) is 0 Å². The van der Waals surface area contributed by atoms with E-state index in [0.717, 1.165) is 19.4 Å². The minimum Gasteiger partial charge on any atom is -0.365 e. The van der Waals surface area contributed by atoms with E-state index in [9.17, 15) is 8.42 Å². The summed E-state index contributed by atoms with van der Waals surface area (Å²) in [5.41, 5.74) is 0. The van der Waals surface area contributed by atoms with Crippen molar-refractivity contribution in [1.29, 1.82) is 0 Å². The quantitative estimate of drug-likeness (QED) is 0.891. The second-order valence-electron chi connectivity index (χ2n) is 6.14. The topological polar surface area (TPSA) is 88.1 Å². The number of nitrogens with one attached hydrogen (secondary N) is 1. The molecule has 8 heteroatoms. The van der Waals surface area contributed by atoms with Crippen molar-refractivity contribution in [3.8, 4) is 0 Å². The summed E-state index contributed by atoms with van der Waals surface area (Å²) >= 11 is 0. The fourth-order valence-electron chi connectivity index (χ4n) is 3.29. The van der Waals surface area contributed by atoms with Crippen LogP contribution in [0.25, 0.3) is 0 Å². The molecule has 2 fully saturated rings. The molecule has 2 saturated heterocycles. The molecule has 1 N–H and O–H groups in total. The molecule has 0 bridgehead atoms. The molecule has 2 aliphatic heterocycles. The summed E-state index contributed by atoms with van der Waals surface area (Å²) in [5.74, 6) is 1.69. The van der Waals surface area contributed by atoms with Gasteiger partial charge < -0.3 is 10.2 Å². The van der Waals surface area contributed by atoms with Crippen LogP contribution in [0.2, 0.25) is 0 Å². The SMILES string of the molecule is CCC1CCCCN1c1nncc(NC2CCS(=O)(=O)C2)n1. The van der Waals surface area contributed by atoms with E-state index in [4.69, 9.17) is 0 Å². The summed E-state index contributed by atoms with van der Waals surface area (Å²) in [6, 6.07) is 0.399. The summed E-state index contributed by atoms with van der Waals surface area (Å²) in [4.78, 5) is 6.78. The standard InChI is InChI=1S/C14H23N5O2S/c1-2-12-5-3-4-7-19(12)14-17-13(9-15-18-14)16-11-6-8-22(20,21)10-11/h9,11-12H,2-8,10H2,1H3,(H,16,17,18). The largest absolute Gasteiger partial charge is 0.365 e. The van der Waals surface area contributed by atoms with Crippen molar-refractivity contribution in [2.24, 2.45) is 0 Å². The Bertz CT molecular complexity index is 621. The molecule has 1 aromatic rings. The predicted octanol–water partition coefficient (Wildman–Crippen LogP) is 1.24. The third-order valence-electron chi connectivity index (χ3n) is 4.49. The van der Waals surface area contributed by atoms with Crippen molar-refractivity contribution >= 4 is 21.6 Å². The lowest BCUT2D eigenvalue weighted by Crippen LogP contribution is -2.40. The van der Waals surface area contributed by atoms with Crippen molar-refractivity contribution in [2.75, 3.05) is 28.3 Å². The molecule has 0 radical (unpaired) electrons. The molecular formula is C14H23N5O2S. The van der Waals surface area contributed by atoms with Crippen LogP contribution < -0.4 is 10.2 Å². The molecule has 2 atom stereocenters. The normalized spacial score (nSPS) is 27.8. The summed E-state index contributed by atoms with van der Waals surface area (Å²) in [6.45, 7) is 3.14. The maximum atomic E-state index is 11.5. The van der Waals surface area contributed by atoms with E-state index < -0.39 is 9.84 Å². The summed E-state index contributed by atoms with van der Waals surface area (Å²) < 4.78 is 23.1. The van der Waals surface area contributed by atoms with Crippen LogP contribution in [0.3, 0.4) is 0 Å². The third-order valence-corrected chi connectivity index (χ3v) is 6.26. The lowest BCUT2D eigenvalue weighted by atomic mass is 10.0. The van der Waals surface area contributed by atoms with Crippen molar-refractivity contribution in [3.05, 3.63) is 6.20 Å². The van der Waals surface area contributed by atoms with E-state index in [-0.39, 0.29) is 17.5 Å². The van der Waals surface area contributed by atoms with Crippen molar-refractivity contribution in [1.82, 2.24) is 15.2 Å². The second kappa shape index (κ2) is 6.36. The molecule has 0 spiro atoms. The first-order valence-electron chi connectivity index (χ1n) is 8.01. The van der Waals surface area contributed by atoms with Crippen molar-refractivity contribution in [2.45, 2.75) is 51.1 Å². The van der Waals surface area contributed by atoms with Crippen LogP contribution in [-0.4, -0.2) is 53.7 Å². The van der Waals surface area contributed by atoms with Gasteiger partial charge >= 0.3 is 0 Å². The Morgan fingerprint density at radius 2 is 2.23 bits per heavy atom. The Labute approximate surface area is 131 Å². The first kappa shape index (κ1) is 15.5. The number of hydrogen-bond acceptors (Lipinski definition) is 7. The first-order chi connectivity index (χ1) is 10.6. The zero-order chi connectivity index (χ0) is 15.6. The van der Waals surface area contributed by atoms with Gasteiger partial charge in [-0.25, -0.2) is 8.42 Å². The highest BCUT2D eigenvalue weighted by molar-refractivity contribution is 7.91. The molecular weight excluding hydrogens is 302 g/mol. The highest BCUT2D eigenvalue weighted by atomic mass is 32.2. The van der Waals surface area contributed by atoms with Gasteiger partial charge in [-0.15, -0.1) is 5.10 Å². The molecule has 0 aromatic carbocycles. The van der Waals surface area contributed by atoms with E-state index in [1.165, 1.54) is 12.8 Å². The minimum absolute atomic E-state index is 0.0714. The molecule has 3 rings (SSSR count). The van der Waals surface area contributed by atoms with Gasteiger partial charge in [0, 0.05) is 18.6 Å². The summed E-state index contributed by atoms with van der Waals surface area (Å²) in [7, 11) is -2.90. The van der Waals surface area contributed by atoms with Crippen molar-refractivity contribution < 1.29 is 8.42 Å². The van der Waals surface area contributed by atoms with Crippen LogP contribution in [0.4, 0.5) is 11.8 Å². The van der Waals surface area contributed by atoms with Gasteiger partial charge in [0.2, 0.25) is 5.95 Å². The average molecular weight is 325 g/mol. The lowest BCUT2D eigenvalue weighted by molar-refractivity contribution is 0.441. The van der Waals surface area contributed by atoms with Crippen LogP contribution in [0.1, 0.15) is 39.0 Å². The van der Waals surface area contributed by atoms with Gasteiger partial charge in [0.25, 0.3) is 0 Å². The van der Waals surface area contributed by atoms with Gasteiger partial charge in [0.1, 0.15) is 0 Å². The van der Waals surface area contributed by atoms with Gasteiger partial charge in [0.15, 0.2) is 15.7 Å². The maximum absolute atomic E-state index is 11.5. The Hall–Kier alpha value is -1.44. The lowest BCUT2D eigenvalue weighted by Gasteiger charge is -2.35. The summed E-state index contributed by atoms with van der Waals surface area (Å²) in [5, 5.41) is 11.4. The molecule has 7 nitrogen and oxygen atoms in total. The monoisotopic (exact) mass is 325 g/mol. The Balaban J connectivity index is 1.72. The minimum atomic E-state index is -2.90. The fraction of sp³-hybridized carbons (Fsp3) is 0.786. The molecule has 1 aromatic heterocycles. The van der Waals surface area contributed by atoms with E-state index >= 15 is 0 Å². The van der Waals surface area contributed by atoms with Crippen LogP contribution in [0.5, 0.6) is 0 Å². The average Bonchev–Trinajstić information content (AvgIpc) is 2.86. The van der Waals surface area contributed by atoms with Crippen molar-refractivity contribution in [3.63, 3.8) is 0 Å². The van der Waals surface area contributed by atoms with Gasteiger partial charge in [0.05, 0.1) is 17.7 Å². The fourth-order valence-corrected chi connectivity index (χ4v) is 4.97. The molecule has 0 aliphatic carbocycles. The first-order valence-corrected chi connectivity index (χ1v) is 9.83. The number of hydrogen-bond donors (Lipinski definition) is 1. The van der Waals surface area contributed by atoms with Gasteiger partial charge in [-0.3, -0.25) is 0 Å². The predicted molar refractivity (Wildman–Crippen MR) is 85.8 cm³/mol. The number of piperidine rings is 1. The van der Waals surface area contributed by atoms with E-state index in [1.54, 1.807) is 6.20 Å². The number of sulfone groups is 1. The van der Waals surface area contributed by atoms with Crippen LogP contribution >= 0.6 is 0 Å². The van der Waals surface area contributed by atoms with Crippen LogP contribution in [-0.2, 0) is 9.84 Å². The zero-order valence-corrected chi connectivity index (χ0v) is 13.7. The highest BCUT2D eigenvalue weighted by Gasteiger charge is 2.28. The molecule has 2 unspecified atom stereocenters. The number of rotatable bonds is 4. The third kappa shape index (κ3) is 3.48.